The topological polar surface area (TPSA) is 58.8 Å². The Bertz CT molecular complexity index is 892. The average molecular weight is 412 g/mol. The van der Waals surface area contributed by atoms with Gasteiger partial charge in [0.05, 0.1) is 12.8 Å². The summed E-state index contributed by atoms with van der Waals surface area (Å²) in [5.74, 6) is 2.75. The molecule has 2 aliphatic heterocycles. The van der Waals surface area contributed by atoms with Crippen LogP contribution in [-0.2, 0) is 11.3 Å². The molecule has 1 aromatic carbocycles. The van der Waals surface area contributed by atoms with Gasteiger partial charge in [0.2, 0.25) is 11.8 Å². The van der Waals surface area contributed by atoms with Crippen molar-refractivity contribution in [1.29, 1.82) is 0 Å². The van der Waals surface area contributed by atoms with Crippen molar-refractivity contribution >= 4 is 5.91 Å². The zero-order valence-electron chi connectivity index (χ0n) is 18.4. The van der Waals surface area contributed by atoms with Crippen LogP contribution in [-0.4, -0.2) is 53.5 Å². The van der Waals surface area contributed by atoms with E-state index in [9.17, 15) is 4.79 Å². The number of aryl methyl sites for hydroxylation is 2. The molecule has 2 fully saturated rings. The Kier molecular flexibility index (Phi) is 6.42. The molecule has 1 amide bonds. The third-order valence-electron chi connectivity index (χ3n) is 6.54. The highest BCUT2D eigenvalue weighted by Gasteiger charge is 2.27. The number of methoxy groups -OCH3 is 1. The highest BCUT2D eigenvalue weighted by Crippen LogP contribution is 2.29. The zero-order valence-corrected chi connectivity index (χ0v) is 18.4. The second-order valence-corrected chi connectivity index (χ2v) is 8.60. The standard InChI is InChI=1S/C24H33N3O3/c1-17-15-19(9-10-22(17)29-3)24-25-21(18(2)30-24)16-27-12-5-4-7-20(27)11-14-26-13-6-8-23(26)28/h9-10,15,20H,4-8,11-14,16H2,1-3H3/t20-/m0/s1. The maximum Gasteiger partial charge on any atom is 0.226 e. The van der Waals surface area contributed by atoms with Crippen molar-refractivity contribution in [3.63, 3.8) is 0 Å². The number of piperidine rings is 1. The van der Waals surface area contributed by atoms with Crippen LogP contribution in [0.5, 0.6) is 5.75 Å². The Labute approximate surface area is 179 Å². The summed E-state index contributed by atoms with van der Waals surface area (Å²) < 4.78 is 11.4. The monoisotopic (exact) mass is 411 g/mol. The number of hydrogen-bond acceptors (Lipinski definition) is 5. The number of amides is 1. The Hall–Kier alpha value is -2.34. The predicted molar refractivity (Wildman–Crippen MR) is 116 cm³/mol. The van der Waals surface area contributed by atoms with Gasteiger partial charge in [0.1, 0.15) is 11.5 Å². The van der Waals surface area contributed by atoms with Gasteiger partial charge in [-0.15, -0.1) is 0 Å². The molecule has 6 nitrogen and oxygen atoms in total. The van der Waals surface area contributed by atoms with Crippen molar-refractivity contribution in [3.05, 3.63) is 35.2 Å². The highest BCUT2D eigenvalue weighted by atomic mass is 16.5. The summed E-state index contributed by atoms with van der Waals surface area (Å²) in [6, 6.07) is 6.53. The van der Waals surface area contributed by atoms with E-state index in [0.717, 1.165) is 73.8 Å². The Morgan fingerprint density at radius 3 is 2.80 bits per heavy atom. The number of carbonyl (C=O) groups is 1. The largest absolute Gasteiger partial charge is 0.496 e. The van der Waals surface area contributed by atoms with E-state index >= 15 is 0 Å². The first-order valence-electron chi connectivity index (χ1n) is 11.2. The molecule has 0 bridgehead atoms. The quantitative estimate of drug-likeness (QED) is 0.679. The molecular formula is C24H33N3O3. The summed E-state index contributed by atoms with van der Waals surface area (Å²) in [5.41, 5.74) is 3.06. The van der Waals surface area contributed by atoms with Crippen molar-refractivity contribution in [2.24, 2.45) is 0 Å². The number of ether oxygens (including phenoxy) is 1. The van der Waals surface area contributed by atoms with Crippen LogP contribution in [0.25, 0.3) is 11.5 Å². The van der Waals surface area contributed by atoms with Crippen LogP contribution in [0.1, 0.15) is 55.5 Å². The molecular weight excluding hydrogens is 378 g/mol. The number of nitrogens with zero attached hydrogens (tertiary/aromatic N) is 3. The number of carbonyl (C=O) groups excluding carboxylic acids is 1. The van der Waals surface area contributed by atoms with Crippen molar-refractivity contribution in [2.75, 3.05) is 26.7 Å². The lowest BCUT2D eigenvalue weighted by molar-refractivity contribution is -0.127. The van der Waals surface area contributed by atoms with Gasteiger partial charge < -0.3 is 14.1 Å². The molecule has 1 aromatic heterocycles. The molecule has 0 spiro atoms. The Morgan fingerprint density at radius 1 is 1.20 bits per heavy atom. The van der Waals surface area contributed by atoms with Gasteiger partial charge in [-0.25, -0.2) is 4.98 Å². The molecule has 1 atom stereocenters. The predicted octanol–water partition coefficient (Wildman–Crippen LogP) is 4.33. The molecule has 0 radical (unpaired) electrons. The Morgan fingerprint density at radius 2 is 2.07 bits per heavy atom. The van der Waals surface area contributed by atoms with Crippen LogP contribution < -0.4 is 4.74 Å². The van der Waals surface area contributed by atoms with Gasteiger partial charge >= 0.3 is 0 Å². The SMILES string of the molecule is COc1ccc(-c2nc(CN3CCCC[C@H]3CCN3CCCC3=O)c(C)o2)cc1C. The number of oxazole rings is 1. The molecule has 2 saturated heterocycles. The van der Waals surface area contributed by atoms with E-state index in [1.807, 2.05) is 30.9 Å². The van der Waals surface area contributed by atoms with E-state index in [1.54, 1.807) is 7.11 Å². The summed E-state index contributed by atoms with van der Waals surface area (Å²) in [7, 11) is 1.68. The first kappa shape index (κ1) is 20.9. The minimum atomic E-state index is 0.323. The van der Waals surface area contributed by atoms with Crippen molar-refractivity contribution in [3.8, 4) is 17.2 Å². The fourth-order valence-corrected chi connectivity index (χ4v) is 4.74. The molecule has 2 aromatic rings. The number of hydrogen-bond donors (Lipinski definition) is 0. The lowest BCUT2D eigenvalue weighted by atomic mass is 9.98. The van der Waals surface area contributed by atoms with Crippen LogP contribution >= 0.6 is 0 Å². The molecule has 162 valence electrons. The van der Waals surface area contributed by atoms with Gasteiger partial charge in [-0.3, -0.25) is 9.69 Å². The zero-order chi connectivity index (χ0) is 21.1. The second kappa shape index (κ2) is 9.21. The van der Waals surface area contributed by atoms with Gasteiger partial charge in [-0.05, 0) is 69.8 Å². The fourth-order valence-electron chi connectivity index (χ4n) is 4.74. The summed E-state index contributed by atoms with van der Waals surface area (Å²) >= 11 is 0. The smallest absolute Gasteiger partial charge is 0.226 e. The second-order valence-electron chi connectivity index (χ2n) is 8.60. The van der Waals surface area contributed by atoms with E-state index in [0.29, 0.717) is 17.8 Å². The van der Waals surface area contributed by atoms with E-state index in [1.165, 1.54) is 19.3 Å². The molecule has 6 heteroatoms. The lowest BCUT2D eigenvalue weighted by Crippen LogP contribution is -2.41. The highest BCUT2D eigenvalue weighted by molar-refractivity contribution is 5.78. The van der Waals surface area contributed by atoms with Crippen LogP contribution in [0.2, 0.25) is 0 Å². The first-order valence-corrected chi connectivity index (χ1v) is 11.2. The van der Waals surface area contributed by atoms with Crippen molar-refractivity contribution < 1.29 is 13.9 Å². The summed E-state index contributed by atoms with van der Waals surface area (Å²) in [6.07, 6.45) is 6.47. The molecule has 0 N–H and O–H groups in total. The first-order chi connectivity index (χ1) is 14.5. The summed E-state index contributed by atoms with van der Waals surface area (Å²) in [5, 5.41) is 0. The maximum atomic E-state index is 11.9. The Balaban J connectivity index is 1.44. The number of rotatable bonds is 7. The number of aromatic nitrogens is 1. The van der Waals surface area contributed by atoms with Crippen LogP contribution in [0, 0.1) is 13.8 Å². The van der Waals surface area contributed by atoms with Crippen molar-refractivity contribution in [1.82, 2.24) is 14.8 Å². The number of benzene rings is 1. The maximum absolute atomic E-state index is 11.9. The van der Waals surface area contributed by atoms with Gasteiger partial charge in [-0.1, -0.05) is 6.42 Å². The molecule has 2 aliphatic rings. The molecule has 30 heavy (non-hydrogen) atoms. The molecule has 0 unspecified atom stereocenters. The van der Waals surface area contributed by atoms with E-state index in [2.05, 4.69) is 11.0 Å². The average Bonchev–Trinajstić information content (AvgIpc) is 3.32. The van der Waals surface area contributed by atoms with Crippen molar-refractivity contribution in [2.45, 2.75) is 65.0 Å². The minimum absolute atomic E-state index is 0.323. The van der Waals surface area contributed by atoms with E-state index in [-0.39, 0.29) is 0 Å². The number of likely N-dealkylation sites (tertiary alicyclic amines) is 2. The van der Waals surface area contributed by atoms with Crippen LogP contribution in [0.4, 0.5) is 0 Å². The third-order valence-corrected chi connectivity index (χ3v) is 6.54. The molecule has 0 aliphatic carbocycles. The summed E-state index contributed by atoms with van der Waals surface area (Å²) in [6.45, 7) is 7.74. The van der Waals surface area contributed by atoms with Crippen LogP contribution in [0.15, 0.2) is 22.6 Å². The normalized spacial score (nSPS) is 20.2. The molecule has 3 heterocycles. The fraction of sp³-hybridized carbons (Fsp3) is 0.583. The lowest BCUT2D eigenvalue weighted by Gasteiger charge is -2.36. The summed E-state index contributed by atoms with van der Waals surface area (Å²) in [4.78, 5) is 21.4. The van der Waals surface area contributed by atoms with Gasteiger partial charge in [0.15, 0.2) is 0 Å². The third kappa shape index (κ3) is 4.53. The van der Waals surface area contributed by atoms with E-state index < -0.39 is 0 Å². The molecule has 0 saturated carbocycles. The van der Waals surface area contributed by atoms with Gasteiger partial charge in [0.25, 0.3) is 0 Å². The van der Waals surface area contributed by atoms with E-state index in [4.69, 9.17) is 14.1 Å². The van der Waals surface area contributed by atoms with Gasteiger partial charge in [0, 0.05) is 37.7 Å². The minimum Gasteiger partial charge on any atom is -0.496 e. The van der Waals surface area contributed by atoms with Crippen LogP contribution in [0.3, 0.4) is 0 Å². The van der Waals surface area contributed by atoms with Gasteiger partial charge in [-0.2, -0.15) is 0 Å². The molecule has 4 rings (SSSR count).